The van der Waals surface area contributed by atoms with Crippen molar-refractivity contribution in [1.29, 1.82) is 0 Å². The quantitative estimate of drug-likeness (QED) is 0.922. The third kappa shape index (κ3) is 3.03. The molecule has 0 radical (unpaired) electrons. The molecule has 108 valence electrons. The number of amides is 1. The van der Waals surface area contributed by atoms with E-state index in [0.717, 1.165) is 0 Å². The first-order valence-electron chi connectivity index (χ1n) is 5.69. The molecule has 2 aromatic heterocycles. The molecule has 2 heterocycles. The zero-order valence-electron chi connectivity index (χ0n) is 10.8. The second-order valence-electron chi connectivity index (χ2n) is 4.17. The smallest absolute Gasteiger partial charge is 0.283 e. The lowest BCUT2D eigenvalue weighted by Crippen LogP contribution is -2.20. The highest BCUT2D eigenvalue weighted by Crippen LogP contribution is 2.28. The summed E-state index contributed by atoms with van der Waals surface area (Å²) in [6.45, 7) is 1.45. The number of alkyl halides is 2. The lowest BCUT2D eigenvalue weighted by atomic mass is 10.4. The maximum Gasteiger partial charge on any atom is 0.283 e. The Kier molecular flexibility index (Phi) is 4.17. The minimum absolute atomic E-state index is 0.159. The second kappa shape index (κ2) is 5.70. The van der Waals surface area contributed by atoms with Crippen molar-refractivity contribution in [3.05, 3.63) is 28.1 Å². The van der Waals surface area contributed by atoms with Gasteiger partial charge in [0.1, 0.15) is 12.2 Å². The summed E-state index contributed by atoms with van der Waals surface area (Å²) in [5, 5.41) is 10.3. The van der Waals surface area contributed by atoms with E-state index in [4.69, 9.17) is 0 Å². The molecule has 0 aliphatic rings. The maximum absolute atomic E-state index is 12.7. The lowest BCUT2D eigenvalue weighted by molar-refractivity contribution is -0.117. The predicted octanol–water partition coefficient (Wildman–Crippen LogP) is 2.26. The third-order valence-corrected chi connectivity index (χ3v) is 3.62. The van der Waals surface area contributed by atoms with Gasteiger partial charge in [0.25, 0.3) is 6.43 Å². The number of hydrogen-bond acceptors (Lipinski definition) is 3. The molecule has 0 saturated heterocycles. The van der Waals surface area contributed by atoms with Crippen LogP contribution < -0.4 is 5.32 Å². The van der Waals surface area contributed by atoms with Crippen molar-refractivity contribution in [2.45, 2.75) is 19.9 Å². The third-order valence-electron chi connectivity index (χ3n) is 2.64. The molecule has 0 bridgehead atoms. The number of carbonyl (C=O) groups is 1. The van der Waals surface area contributed by atoms with Crippen LogP contribution in [0.1, 0.15) is 17.8 Å². The highest BCUT2D eigenvalue weighted by molar-refractivity contribution is 9.10. The van der Waals surface area contributed by atoms with Crippen LogP contribution in [0.15, 0.2) is 16.7 Å². The summed E-state index contributed by atoms with van der Waals surface area (Å²) in [5.41, 5.74) is 0.101. The molecule has 0 fully saturated rings. The molecule has 0 aliphatic carbocycles. The maximum atomic E-state index is 12.7. The zero-order chi connectivity index (χ0) is 14.9. The average molecular weight is 348 g/mol. The van der Waals surface area contributed by atoms with Gasteiger partial charge >= 0.3 is 0 Å². The molecular formula is C11H12BrF2N5O. The van der Waals surface area contributed by atoms with Crippen molar-refractivity contribution in [2.24, 2.45) is 7.05 Å². The highest BCUT2D eigenvalue weighted by atomic mass is 79.9. The number of aryl methyl sites for hydroxylation is 1. The lowest BCUT2D eigenvalue weighted by Gasteiger charge is -2.04. The van der Waals surface area contributed by atoms with E-state index in [0.29, 0.717) is 11.5 Å². The molecule has 20 heavy (non-hydrogen) atoms. The first-order valence-corrected chi connectivity index (χ1v) is 6.48. The number of rotatable bonds is 4. The fraction of sp³-hybridized carbons (Fsp3) is 0.364. The van der Waals surface area contributed by atoms with Gasteiger partial charge in [0, 0.05) is 19.3 Å². The van der Waals surface area contributed by atoms with Gasteiger partial charge in [-0.25, -0.2) is 8.78 Å². The Morgan fingerprint density at radius 2 is 2.20 bits per heavy atom. The van der Waals surface area contributed by atoms with E-state index >= 15 is 0 Å². The monoisotopic (exact) mass is 347 g/mol. The number of carbonyl (C=O) groups excluding carboxylic acids is 1. The van der Waals surface area contributed by atoms with Crippen LogP contribution >= 0.6 is 15.9 Å². The predicted molar refractivity (Wildman–Crippen MR) is 71.5 cm³/mol. The van der Waals surface area contributed by atoms with E-state index in [-0.39, 0.29) is 22.6 Å². The Labute approximate surface area is 121 Å². The van der Waals surface area contributed by atoms with Crippen molar-refractivity contribution >= 4 is 27.7 Å². The Hall–Kier alpha value is -1.77. The number of hydrogen-bond donors (Lipinski definition) is 1. The molecule has 0 aromatic carbocycles. The number of aromatic nitrogens is 4. The molecule has 0 aliphatic heterocycles. The van der Waals surface area contributed by atoms with Gasteiger partial charge in [0.15, 0.2) is 5.82 Å². The van der Waals surface area contributed by atoms with Crippen LogP contribution in [0.4, 0.5) is 14.6 Å². The first-order chi connectivity index (χ1) is 9.38. The summed E-state index contributed by atoms with van der Waals surface area (Å²) in [7, 11) is 1.72. The minimum Gasteiger partial charge on any atom is -0.308 e. The molecule has 0 spiro atoms. The molecule has 2 aromatic rings. The molecular weight excluding hydrogens is 336 g/mol. The van der Waals surface area contributed by atoms with E-state index in [1.165, 1.54) is 4.68 Å². The van der Waals surface area contributed by atoms with E-state index in [9.17, 15) is 13.6 Å². The van der Waals surface area contributed by atoms with Gasteiger partial charge in [0.2, 0.25) is 5.91 Å². The minimum atomic E-state index is -2.69. The van der Waals surface area contributed by atoms with Crippen molar-refractivity contribution < 1.29 is 13.6 Å². The van der Waals surface area contributed by atoms with Gasteiger partial charge < -0.3 is 5.32 Å². The normalized spacial score (nSPS) is 11.1. The fourth-order valence-corrected chi connectivity index (χ4v) is 2.10. The van der Waals surface area contributed by atoms with Crippen molar-refractivity contribution in [3.8, 4) is 0 Å². The SMILES string of the molecule is Cc1c(Br)c(C(F)F)nn1CC(=O)Nc1ccn(C)n1. The first kappa shape index (κ1) is 14.6. The van der Waals surface area contributed by atoms with Crippen LogP contribution in [0.25, 0.3) is 0 Å². The standard InChI is InChI=1S/C11H12BrF2N5O/c1-6-9(12)10(11(13)14)17-19(6)5-8(20)15-7-3-4-18(2)16-7/h3-4,11H,5H2,1-2H3,(H,15,16,20). The van der Waals surface area contributed by atoms with Crippen LogP contribution in [-0.2, 0) is 18.4 Å². The van der Waals surface area contributed by atoms with Crippen LogP contribution in [0.5, 0.6) is 0 Å². The van der Waals surface area contributed by atoms with Crippen LogP contribution in [0.3, 0.4) is 0 Å². The van der Waals surface area contributed by atoms with Crippen LogP contribution in [-0.4, -0.2) is 25.5 Å². The van der Waals surface area contributed by atoms with Crippen LogP contribution in [0, 0.1) is 6.92 Å². The van der Waals surface area contributed by atoms with Gasteiger partial charge in [-0.3, -0.25) is 14.2 Å². The molecule has 6 nitrogen and oxygen atoms in total. The molecule has 0 saturated carbocycles. The Balaban J connectivity index is 2.10. The zero-order valence-corrected chi connectivity index (χ0v) is 12.4. The number of anilines is 1. The van der Waals surface area contributed by atoms with Crippen molar-refractivity contribution in [2.75, 3.05) is 5.32 Å². The highest BCUT2D eigenvalue weighted by Gasteiger charge is 2.21. The van der Waals surface area contributed by atoms with E-state index < -0.39 is 6.43 Å². The summed E-state index contributed by atoms with van der Waals surface area (Å²) in [4.78, 5) is 11.8. The van der Waals surface area contributed by atoms with E-state index in [2.05, 4.69) is 31.4 Å². The van der Waals surface area contributed by atoms with Crippen molar-refractivity contribution in [3.63, 3.8) is 0 Å². The molecule has 1 N–H and O–H groups in total. The molecule has 0 unspecified atom stereocenters. The van der Waals surface area contributed by atoms with Crippen molar-refractivity contribution in [1.82, 2.24) is 19.6 Å². The fourth-order valence-electron chi connectivity index (χ4n) is 1.64. The van der Waals surface area contributed by atoms with E-state index in [1.807, 2.05) is 0 Å². The summed E-state index contributed by atoms with van der Waals surface area (Å²) >= 11 is 3.05. The topological polar surface area (TPSA) is 64.7 Å². The average Bonchev–Trinajstić information content (AvgIpc) is 2.88. The largest absolute Gasteiger partial charge is 0.308 e. The van der Waals surface area contributed by atoms with Crippen LogP contribution in [0.2, 0.25) is 0 Å². The number of nitrogens with zero attached hydrogens (tertiary/aromatic N) is 4. The number of nitrogens with one attached hydrogen (secondary N) is 1. The summed E-state index contributed by atoms with van der Waals surface area (Å²) in [6.07, 6.45) is -1.01. The van der Waals surface area contributed by atoms with Gasteiger partial charge in [-0.2, -0.15) is 10.2 Å². The Morgan fingerprint density at radius 1 is 1.50 bits per heavy atom. The van der Waals surface area contributed by atoms with Gasteiger partial charge in [-0.05, 0) is 22.9 Å². The summed E-state index contributed by atoms with van der Waals surface area (Å²) < 4.78 is 28.4. The van der Waals surface area contributed by atoms with Gasteiger partial charge in [-0.1, -0.05) is 0 Å². The van der Waals surface area contributed by atoms with Gasteiger partial charge in [-0.15, -0.1) is 0 Å². The summed E-state index contributed by atoms with van der Waals surface area (Å²) in [5.74, 6) is 0.0121. The molecule has 0 atom stereocenters. The van der Waals surface area contributed by atoms with Gasteiger partial charge in [0.05, 0.1) is 10.2 Å². The Bertz CT molecular complexity index is 637. The molecule has 2 rings (SSSR count). The van der Waals surface area contributed by atoms with E-state index in [1.54, 1.807) is 30.9 Å². The molecule has 9 heteroatoms. The summed E-state index contributed by atoms with van der Waals surface area (Å²) in [6, 6.07) is 1.63. The second-order valence-corrected chi connectivity index (χ2v) is 4.96. The molecule has 1 amide bonds. The Morgan fingerprint density at radius 3 is 2.70 bits per heavy atom. The number of halogens is 3.